The van der Waals surface area contributed by atoms with E-state index in [0.717, 1.165) is 23.7 Å². The number of hydrogen-bond donors (Lipinski definition) is 0. The van der Waals surface area contributed by atoms with Gasteiger partial charge in [-0.25, -0.2) is 0 Å². The summed E-state index contributed by atoms with van der Waals surface area (Å²) in [5.74, 6) is 3.67. The molecule has 3 saturated carbocycles. The summed E-state index contributed by atoms with van der Waals surface area (Å²) < 4.78 is 0. The van der Waals surface area contributed by atoms with E-state index in [0.29, 0.717) is 0 Å². The Labute approximate surface area is 74.4 Å². The molecule has 4 atom stereocenters. The third kappa shape index (κ3) is 0.688. The summed E-state index contributed by atoms with van der Waals surface area (Å²) in [5.41, 5.74) is 2.81. The molecule has 0 heteroatoms. The quantitative estimate of drug-likeness (QED) is 0.510. The minimum atomic E-state index is 0.819. The van der Waals surface area contributed by atoms with Crippen LogP contribution in [0.3, 0.4) is 0 Å². The van der Waals surface area contributed by atoms with Crippen molar-refractivity contribution in [3.8, 4) is 0 Å². The first-order chi connectivity index (χ1) is 5.75. The third-order valence-corrected chi connectivity index (χ3v) is 4.35. The molecule has 0 nitrogen and oxygen atoms in total. The van der Waals surface area contributed by atoms with Gasteiger partial charge in [0.25, 0.3) is 0 Å². The van der Waals surface area contributed by atoms with Crippen molar-refractivity contribution < 1.29 is 0 Å². The van der Waals surface area contributed by atoms with Crippen molar-refractivity contribution in [1.29, 1.82) is 0 Å². The Morgan fingerprint density at radius 2 is 1.75 bits per heavy atom. The lowest BCUT2D eigenvalue weighted by Crippen LogP contribution is -2.26. The number of fused-ring (bicyclic) bond motifs is 2. The Balaban J connectivity index is 2.06. The fourth-order valence-electron chi connectivity index (χ4n) is 3.77. The van der Waals surface area contributed by atoms with Crippen LogP contribution in [-0.2, 0) is 0 Å². The van der Waals surface area contributed by atoms with Crippen LogP contribution in [0.4, 0.5) is 0 Å². The molecule has 0 aliphatic heterocycles. The molecule has 0 N–H and O–H groups in total. The Bertz CT molecular complexity index is 257. The van der Waals surface area contributed by atoms with E-state index < -0.39 is 0 Å². The van der Waals surface area contributed by atoms with Crippen LogP contribution < -0.4 is 0 Å². The summed E-state index contributed by atoms with van der Waals surface area (Å²) in [6.45, 7) is 8.41. The molecule has 3 bridgehead atoms. The molecule has 64 valence electrons. The molecule has 3 aliphatic carbocycles. The van der Waals surface area contributed by atoms with Gasteiger partial charge in [-0.1, -0.05) is 13.2 Å². The molecule has 0 aromatic heterocycles. The van der Waals surface area contributed by atoms with E-state index in [-0.39, 0.29) is 0 Å². The van der Waals surface area contributed by atoms with Crippen molar-refractivity contribution in [2.45, 2.75) is 25.7 Å². The second kappa shape index (κ2) is 2.04. The lowest BCUT2D eigenvalue weighted by atomic mass is 9.68. The van der Waals surface area contributed by atoms with E-state index in [9.17, 15) is 0 Å². The molecule has 0 saturated heterocycles. The van der Waals surface area contributed by atoms with Gasteiger partial charge in [0.05, 0.1) is 0 Å². The van der Waals surface area contributed by atoms with Crippen molar-refractivity contribution in [3.63, 3.8) is 0 Å². The smallest absolute Gasteiger partial charge is 0.0134 e. The van der Waals surface area contributed by atoms with Crippen LogP contribution in [0.5, 0.6) is 0 Å². The minimum Gasteiger partial charge on any atom is -0.0953 e. The van der Waals surface area contributed by atoms with Gasteiger partial charge in [-0.2, -0.15) is 0 Å². The predicted molar refractivity (Wildman–Crippen MR) is 50.7 cm³/mol. The Morgan fingerprint density at radius 3 is 2.58 bits per heavy atom. The summed E-state index contributed by atoms with van der Waals surface area (Å²) in [4.78, 5) is 0. The van der Waals surface area contributed by atoms with Crippen LogP contribution in [0, 0.1) is 23.7 Å². The first-order valence-corrected chi connectivity index (χ1v) is 5.13. The van der Waals surface area contributed by atoms with Crippen molar-refractivity contribution in [2.24, 2.45) is 23.7 Å². The zero-order chi connectivity index (χ0) is 8.29. The first kappa shape index (κ1) is 6.94. The molecule has 12 heavy (non-hydrogen) atoms. The first-order valence-electron chi connectivity index (χ1n) is 5.13. The van der Waals surface area contributed by atoms with Gasteiger partial charge >= 0.3 is 0 Å². The third-order valence-electron chi connectivity index (χ3n) is 4.35. The van der Waals surface area contributed by atoms with Gasteiger partial charge in [-0.05, 0) is 60.5 Å². The number of hydrogen-bond acceptors (Lipinski definition) is 0. The highest BCUT2D eigenvalue weighted by Crippen LogP contribution is 2.58. The highest BCUT2D eigenvalue weighted by Gasteiger charge is 2.47. The topological polar surface area (TPSA) is 0 Å². The maximum atomic E-state index is 4.22. The monoisotopic (exact) mass is 160 g/mol. The second-order valence-electron chi connectivity index (χ2n) is 4.92. The molecule has 4 unspecified atom stereocenters. The Morgan fingerprint density at radius 1 is 0.917 bits per heavy atom. The highest BCUT2D eigenvalue weighted by atomic mass is 14.5. The summed E-state index contributed by atoms with van der Waals surface area (Å²) in [5, 5.41) is 0. The van der Waals surface area contributed by atoms with E-state index in [4.69, 9.17) is 0 Å². The molecular weight excluding hydrogens is 144 g/mol. The molecule has 0 amide bonds. The zero-order valence-corrected chi connectivity index (χ0v) is 7.55. The Kier molecular flexibility index (Phi) is 1.18. The highest BCUT2D eigenvalue weighted by molar-refractivity contribution is 5.36. The lowest BCUT2D eigenvalue weighted by Gasteiger charge is -2.37. The van der Waals surface area contributed by atoms with Gasteiger partial charge in [-0.3, -0.25) is 0 Å². The molecular formula is C12H16. The lowest BCUT2D eigenvalue weighted by molar-refractivity contribution is 0.259. The summed E-state index contributed by atoms with van der Waals surface area (Å²) in [6.07, 6.45) is 5.77. The van der Waals surface area contributed by atoms with Gasteiger partial charge in [-0.15, -0.1) is 0 Å². The van der Waals surface area contributed by atoms with Gasteiger partial charge in [0.2, 0.25) is 0 Å². The molecule has 0 aromatic rings. The van der Waals surface area contributed by atoms with E-state index in [1.165, 1.54) is 36.8 Å². The van der Waals surface area contributed by atoms with Crippen LogP contribution in [0.25, 0.3) is 0 Å². The summed E-state index contributed by atoms with van der Waals surface area (Å²) >= 11 is 0. The molecule has 0 heterocycles. The minimum absolute atomic E-state index is 0.819. The number of allylic oxidation sites excluding steroid dienone is 2. The molecule has 0 aromatic carbocycles. The fourth-order valence-corrected chi connectivity index (χ4v) is 3.77. The normalized spacial score (nSPS) is 50.3. The van der Waals surface area contributed by atoms with E-state index in [2.05, 4.69) is 13.2 Å². The van der Waals surface area contributed by atoms with Crippen molar-refractivity contribution in [3.05, 3.63) is 24.3 Å². The van der Waals surface area contributed by atoms with Gasteiger partial charge < -0.3 is 0 Å². The van der Waals surface area contributed by atoms with Crippen molar-refractivity contribution in [1.82, 2.24) is 0 Å². The molecule has 3 rings (SSSR count). The summed E-state index contributed by atoms with van der Waals surface area (Å²) in [6, 6.07) is 0. The number of rotatable bonds is 0. The van der Waals surface area contributed by atoms with Crippen LogP contribution >= 0.6 is 0 Å². The fraction of sp³-hybridized carbons (Fsp3) is 0.667. The van der Waals surface area contributed by atoms with E-state index in [1.54, 1.807) is 0 Å². The van der Waals surface area contributed by atoms with Gasteiger partial charge in [0.15, 0.2) is 0 Å². The van der Waals surface area contributed by atoms with E-state index >= 15 is 0 Å². The van der Waals surface area contributed by atoms with Crippen LogP contribution in [0.1, 0.15) is 25.7 Å². The molecule has 3 aliphatic rings. The molecule has 3 fully saturated rings. The van der Waals surface area contributed by atoms with Crippen molar-refractivity contribution >= 4 is 0 Å². The standard InChI is InChI=1S/C12H16/c1-7-8(2)12-5-9-3-10(7)6-11(12)4-9/h9-12H,1-6H2. The largest absolute Gasteiger partial charge is 0.0953 e. The van der Waals surface area contributed by atoms with Crippen LogP contribution in [-0.4, -0.2) is 0 Å². The van der Waals surface area contributed by atoms with Gasteiger partial charge in [0, 0.05) is 0 Å². The SMILES string of the molecule is C=C1C(=C)C2CC3CC1CC2C3. The maximum absolute atomic E-state index is 4.22. The van der Waals surface area contributed by atoms with Gasteiger partial charge in [0.1, 0.15) is 0 Å². The van der Waals surface area contributed by atoms with Crippen molar-refractivity contribution in [2.75, 3.05) is 0 Å². The second-order valence-corrected chi connectivity index (χ2v) is 4.92. The van der Waals surface area contributed by atoms with E-state index in [1.807, 2.05) is 0 Å². The maximum Gasteiger partial charge on any atom is -0.0134 e. The average molecular weight is 160 g/mol. The predicted octanol–water partition coefficient (Wildman–Crippen LogP) is 3.16. The Hall–Kier alpha value is -0.520. The average Bonchev–Trinajstić information content (AvgIpc) is 2.33. The molecule has 0 spiro atoms. The zero-order valence-electron chi connectivity index (χ0n) is 7.55. The van der Waals surface area contributed by atoms with Crippen LogP contribution in [0.2, 0.25) is 0 Å². The molecule has 0 radical (unpaired) electrons. The summed E-state index contributed by atoms with van der Waals surface area (Å²) in [7, 11) is 0. The van der Waals surface area contributed by atoms with Crippen LogP contribution in [0.15, 0.2) is 24.3 Å².